The summed E-state index contributed by atoms with van der Waals surface area (Å²) in [6.45, 7) is 3.58. The highest BCUT2D eigenvalue weighted by Crippen LogP contribution is 2.19. The molecule has 0 aliphatic rings. The highest BCUT2D eigenvalue weighted by molar-refractivity contribution is 5.77. The number of allylic oxidation sites excluding steroid dienone is 2. The number of carbonyl (C=O) groups is 1. The number of hydrogen-bond acceptors (Lipinski definition) is 2. The third-order valence-electron chi connectivity index (χ3n) is 3.63. The van der Waals surface area contributed by atoms with Gasteiger partial charge in [-0.05, 0) is 32.1 Å². The lowest BCUT2D eigenvalue weighted by Crippen LogP contribution is -2.30. The maximum absolute atomic E-state index is 12.9. The fraction of sp³-hybridized carbons (Fsp3) is 0.833. The van der Waals surface area contributed by atoms with Crippen molar-refractivity contribution in [2.75, 3.05) is 6.61 Å². The van der Waals surface area contributed by atoms with Crippen LogP contribution in [-0.2, 0) is 9.53 Å². The zero-order valence-electron chi connectivity index (χ0n) is 14.2. The minimum absolute atomic E-state index is 0.0830. The predicted octanol–water partition coefficient (Wildman–Crippen LogP) is 6.05. The molecule has 0 rings (SSSR count). The molecule has 0 spiro atoms. The van der Waals surface area contributed by atoms with Crippen LogP contribution in [0.25, 0.3) is 0 Å². The molecule has 0 saturated heterocycles. The van der Waals surface area contributed by atoms with Crippen LogP contribution in [0.2, 0.25) is 0 Å². The molecule has 0 aromatic rings. The Morgan fingerprint density at radius 2 is 1.45 bits per heavy atom. The molecule has 0 fully saturated rings. The molecule has 0 aromatic heterocycles. The highest BCUT2D eigenvalue weighted by Gasteiger charge is 2.38. The van der Waals surface area contributed by atoms with E-state index < -0.39 is 18.3 Å². The third-order valence-corrected chi connectivity index (χ3v) is 3.63. The van der Waals surface area contributed by atoms with Crippen molar-refractivity contribution in [3.8, 4) is 0 Å². The van der Waals surface area contributed by atoms with Gasteiger partial charge in [0.2, 0.25) is 0 Å². The van der Waals surface area contributed by atoms with Crippen molar-refractivity contribution in [3.63, 3.8) is 0 Å². The van der Waals surface area contributed by atoms with Crippen LogP contribution in [0.4, 0.5) is 8.78 Å². The largest absolute Gasteiger partial charge is 0.461 e. The minimum Gasteiger partial charge on any atom is -0.461 e. The molecule has 0 bridgehead atoms. The zero-order chi connectivity index (χ0) is 16.7. The quantitative estimate of drug-likeness (QED) is 0.221. The second-order valence-corrected chi connectivity index (χ2v) is 5.72. The van der Waals surface area contributed by atoms with Gasteiger partial charge in [0.05, 0.1) is 6.61 Å². The van der Waals surface area contributed by atoms with Crippen LogP contribution < -0.4 is 0 Å². The Labute approximate surface area is 134 Å². The van der Waals surface area contributed by atoms with Gasteiger partial charge in [-0.25, -0.2) is 4.79 Å². The minimum atomic E-state index is -3.34. The van der Waals surface area contributed by atoms with E-state index in [9.17, 15) is 13.6 Å². The van der Waals surface area contributed by atoms with Crippen molar-refractivity contribution in [1.82, 2.24) is 0 Å². The molecular formula is C18H32F2O2. The predicted molar refractivity (Wildman–Crippen MR) is 87.2 cm³/mol. The van der Waals surface area contributed by atoms with Gasteiger partial charge in [0.1, 0.15) is 0 Å². The van der Waals surface area contributed by atoms with E-state index in [1.165, 1.54) is 45.4 Å². The SMILES string of the molecule is CCCCCCCC/C=C/CCCCOC(=O)C(F)(F)CC. The Bertz CT molecular complexity index is 301. The van der Waals surface area contributed by atoms with Crippen molar-refractivity contribution < 1.29 is 18.3 Å². The van der Waals surface area contributed by atoms with Gasteiger partial charge < -0.3 is 4.74 Å². The van der Waals surface area contributed by atoms with E-state index in [1.807, 2.05) is 0 Å². The second kappa shape index (κ2) is 13.7. The van der Waals surface area contributed by atoms with Gasteiger partial charge in [-0.3, -0.25) is 0 Å². The van der Waals surface area contributed by atoms with Gasteiger partial charge in [-0.1, -0.05) is 58.1 Å². The van der Waals surface area contributed by atoms with E-state index in [2.05, 4.69) is 23.8 Å². The monoisotopic (exact) mass is 318 g/mol. The first-order valence-corrected chi connectivity index (χ1v) is 8.74. The fourth-order valence-electron chi connectivity index (χ4n) is 2.06. The summed E-state index contributed by atoms with van der Waals surface area (Å²) in [5.41, 5.74) is 0. The molecule has 0 saturated carbocycles. The smallest absolute Gasteiger partial charge is 0.376 e. The van der Waals surface area contributed by atoms with Gasteiger partial charge in [0.15, 0.2) is 0 Å². The zero-order valence-corrected chi connectivity index (χ0v) is 14.2. The summed E-state index contributed by atoms with van der Waals surface area (Å²) in [5.74, 6) is -4.73. The lowest BCUT2D eigenvalue weighted by atomic mass is 10.1. The molecule has 0 amide bonds. The molecule has 0 unspecified atom stereocenters. The number of rotatable bonds is 14. The van der Waals surface area contributed by atoms with Crippen LogP contribution in [0.5, 0.6) is 0 Å². The Hall–Kier alpha value is -0.930. The van der Waals surface area contributed by atoms with E-state index >= 15 is 0 Å². The molecule has 22 heavy (non-hydrogen) atoms. The third kappa shape index (κ3) is 11.7. The second-order valence-electron chi connectivity index (χ2n) is 5.72. The van der Waals surface area contributed by atoms with Crippen molar-refractivity contribution in [2.45, 2.75) is 90.4 Å². The summed E-state index contributed by atoms with van der Waals surface area (Å²) in [6, 6.07) is 0. The molecule has 0 aliphatic carbocycles. The number of unbranched alkanes of at least 4 members (excludes halogenated alkanes) is 8. The molecule has 0 N–H and O–H groups in total. The van der Waals surface area contributed by atoms with E-state index in [0.717, 1.165) is 19.3 Å². The topological polar surface area (TPSA) is 26.3 Å². The maximum atomic E-state index is 12.9. The van der Waals surface area contributed by atoms with Gasteiger partial charge in [-0.15, -0.1) is 0 Å². The van der Waals surface area contributed by atoms with Crippen LogP contribution in [0.1, 0.15) is 84.5 Å². The van der Waals surface area contributed by atoms with Crippen LogP contribution in [0.3, 0.4) is 0 Å². The van der Waals surface area contributed by atoms with Crippen molar-refractivity contribution in [3.05, 3.63) is 12.2 Å². The van der Waals surface area contributed by atoms with E-state index in [-0.39, 0.29) is 6.61 Å². The van der Waals surface area contributed by atoms with Gasteiger partial charge in [0, 0.05) is 6.42 Å². The Kier molecular flexibility index (Phi) is 13.1. The average Bonchev–Trinajstić information content (AvgIpc) is 2.51. The fourth-order valence-corrected chi connectivity index (χ4v) is 2.06. The summed E-state index contributed by atoms with van der Waals surface area (Å²) >= 11 is 0. The highest BCUT2D eigenvalue weighted by atomic mass is 19.3. The van der Waals surface area contributed by atoms with E-state index in [4.69, 9.17) is 0 Å². The van der Waals surface area contributed by atoms with E-state index in [1.54, 1.807) is 0 Å². The number of halogens is 2. The standard InChI is InChI=1S/C18H32F2O2/c1-3-5-6-7-8-9-10-11-12-13-14-15-16-22-17(21)18(19,20)4-2/h11-12H,3-10,13-16H2,1-2H3/b12-11+. The number of esters is 1. The number of carbonyl (C=O) groups excluding carboxylic acids is 1. The molecular weight excluding hydrogens is 286 g/mol. The molecule has 130 valence electrons. The molecule has 2 nitrogen and oxygen atoms in total. The van der Waals surface area contributed by atoms with Crippen LogP contribution in [-0.4, -0.2) is 18.5 Å². The van der Waals surface area contributed by atoms with Gasteiger partial charge in [0.25, 0.3) is 0 Å². The summed E-state index contributed by atoms with van der Waals surface area (Å²) in [5, 5.41) is 0. The maximum Gasteiger partial charge on any atom is 0.376 e. The molecule has 0 heterocycles. The van der Waals surface area contributed by atoms with Crippen molar-refractivity contribution in [1.29, 1.82) is 0 Å². The summed E-state index contributed by atoms with van der Waals surface area (Å²) in [7, 11) is 0. The van der Waals surface area contributed by atoms with Crippen LogP contribution in [0, 0.1) is 0 Å². The molecule has 0 aromatic carbocycles. The average molecular weight is 318 g/mol. The molecule has 0 atom stereocenters. The van der Waals surface area contributed by atoms with Crippen LogP contribution in [0.15, 0.2) is 12.2 Å². The first-order valence-electron chi connectivity index (χ1n) is 8.74. The van der Waals surface area contributed by atoms with Gasteiger partial charge >= 0.3 is 11.9 Å². The number of hydrogen-bond donors (Lipinski definition) is 0. The van der Waals surface area contributed by atoms with E-state index in [0.29, 0.717) is 6.42 Å². The molecule has 0 aliphatic heterocycles. The lowest BCUT2D eigenvalue weighted by Gasteiger charge is -2.12. The first kappa shape index (κ1) is 21.1. The Morgan fingerprint density at radius 1 is 0.909 bits per heavy atom. The van der Waals surface area contributed by atoms with Crippen molar-refractivity contribution >= 4 is 5.97 Å². The number of ether oxygens (including phenoxy) is 1. The summed E-state index contributed by atoms with van der Waals surface area (Å²) < 4.78 is 30.4. The normalized spacial score (nSPS) is 12.0. The molecule has 0 radical (unpaired) electrons. The summed E-state index contributed by atoms with van der Waals surface area (Å²) in [6.07, 6.45) is 15.2. The molecule has 4 heteroatoms. The lowest BCUT2D eigenvalue weighted by molar-refractivity contribution is -0.172. The van der Waals surface area contributed by atoms with Crippen LogP contribution >= 0.6 is 0 Å². The van der Waals surface area contributed by atoms with Gasteiger partial charge in [-0.2, -0.15) is 8.78 Å². The Balaban J connectivity index is 3.36. The summed E-state index contributed by atoms with van der Waals surface area (Å²) in [4.78, 5) is 11.0. The van der Waals surface area contributed by atoms with Crippen molar-refractivity contribution in [2.24, 2.45) is 0 Å². The number of alkyl halides is 2. The first-order chi connectivity index (χ1) is 10.5. The Morgan fingerprint density at radius 3 is 2.05 bits per heavy atom.